The van der Waals surface area contributed by atoms with Gasteiger partial charge in [-0.15, -0.1) is 0 Å². The summed E-state index contributed by atoms with van der Waals surface area (Å²) in [5.41, 5.74) is 3.09. The Morgan fingerprint density at radius 2 is 2.04 bits per heavy atom. The van der Waals surface area contributed by atoms with Crippen molar-refractivity contribution in [1.82, 2.24) is 19.4 Å². The van der Waals surface area contributed by atoms with E-state index < -0.39 is 10.0 Å². The highest BCUT2D eigenvalue weighted by molar-refractivity contribution is 7.88. The number of nitrogens with zero attached hydrogens (tertiary/aromatic N) is 4. The maximum absolute atomic E-state index is 12.4. The average Bonchev–Trinajstić information content (AvgIpc) is 3.01. The van der Waals surface area contributed by atoms with Crippen LogP contribution in [-0.2, 0) is 29.7 Å². The summed E-state index contributed by atoms with van der Waals surface area (Å²) in [6.45, 7) is 1.53. The van der Waals surface area contributed by atoms with Crippen molar-refractivity contribution >= 4 is 21.6 Å². The molecule has 0 radical (unpaired) electrons. The summed E-state index contributed by atoms with van der Waals surface area (Å²) in [5.74, 6) is -0.169. The lowest BCUT2D eigenvalue weighted by atomic mass is 10.2. The summed E-state index contributed by atoms with van der Waals surface area (Å²) in [7, 11) is 0.632. The molecule has 2 heterocycles. The van der Waals surface area contributed by atoms with Gasteiger partial charge in [0.2, 0.25) is 10.0 Å². The van der Waals surface area contributed by atoms with E-state index in [4.69, 9.17) is 0 Å². The molecule has 0 atom stereocenters. The molecule has 8 nitrogen and oxygen atoms in total. The molecular weight excluding hydrogens is 354 g/mol. The molecule has 0 aliphatic carbocycles. The summed E-state index contributed by atoms with van der Waals surface area (Å²) >= 11 is 0. The largest absolute Gasteiger partial charge is 0.378 e. The average molecular weight is 377 g/mol. The molecule has 140 valence electrons. The molecule has 0 spiro atoms. The molecule has 1 aliphatic heterocycles. The fourth-order valence-corrected chi connectivity index (χ4v) is 3.65. The topological polar surface area (TPSA) is 87.5 Å². The normalized spacial score (nSPS) is 14.7. The van der Waals surface area contributed by atoms with E-state index in [1.165, 1.54) is 10.6 Å². The third kappa shape index (κ3) is 4.05. The number of carbonyl (C=O) groups is 1. The lowest BCUT2D eigenvalue weighted by molar-refractivity contribution is 0.0950. The van der Waals surface area contributed by atoms with Gasteiger partial charge in [0, 0.05) is 31.9 Å². The van der Waals surface area contributed by atoms with Gasteiger partial charge >= 0.3 is 0 Å². The number of hydrogen-bond donors (Lipinski definition) is 1. The first-order valence-electron chi connectivity index (χ1n) is 8.30. The van der Waals surface area contributed by atoms with E-state index >= 15 is 0 Å². The van der Waals surface area contributed by atoms with Crippen LogP contribution in [0.25, 0.3) is 0 Å². The maximum Gasteiger partial charge on any atom is 0.251 e. The van der Waals surface area contributed by atoms with Crippen molar-refractivity contribution in [2.24, 2.45) is 0 Å². The lowest BCUT2D eigenvalue weighted by Crippen LogP contribution is -2.37. The van der Waals surface area contributed by atoms with Crippen LogP contribution in [-0.4, -0.2) is 55.3 Å². The first-order valence-corrected chi connectivity index (χ1v) is 10.1. The van der Waals surface area contributed by atoms with Gasteiger partial charge < -0.3 is 10.2 Å². The Morgan fingerprint density at radius 1 is 1.27 bits per heavy atom. The van der Waals surface area contributed by atoms with Gasteiger partial charge in [-0.05, 0) is 24.3 Å². The van der Waals surface area contributed by atoms with E-state index in [9.17, 15) is 13.2 Å². The molecule has 1 aromatic heterocycles. The predicted molar refractivity (Wildman–Crippen MR) is 99.4 cm³/mol. The Morgan fingerprint density at radius 3 is 2.73 bits per heavy atom. The van der Waals surface area contributed by atoms with E-state index in [1.54, 1.807) is 10.7 Å². The first-order chi connectivity index (χ1) is 12.2. The highest BCUT2D eigenvalue weighted by atomic mass is 32.2. The van der Waals surface area contributed by atoms with Crippen LogP contribution in [0.5, 0.6) is 0 Å². The second-order valence-corrected chi connectivity index (χ2v) is 8.56. The van der Waals surface area contributed by atoms with E-state index in [-0.39, 0.29) is 5.91 Å². The van der Waals surface area contributed by atoms with Crippen LogP contribution in [0, 0.1) is 0 Å². The molecule has 26 heavy (non-hydrogen) atoms. The SMILES string of the molecule is CN(C)c1cccc(C(=O)NCc2cc3n(n2)CCN(S(C)(=O)=O)C3)c1. The summed E-state index contributed by atoms with van der Waals surface area (Å²) < 4.78 is 26.6. The summed E-state index contributed by atoms with van der Waals surface area (Å²) in [5, 5.41) is 7.32. The number of sulfonamides is 1. The van der Waals surface area contributed by atoms with E-state index in [1.807, 2.05) is 43.3 Å². The summed E-state index contributed by atoms with van der Waals surface area (Å²) in [6.07, 6.45) is 1.21. The number of nitrogens with one attached hydrogen (secondary N) is 1. The van der Waals surface area contributed by atoms with Crippen molar-refractivity contribution in [3.8, 4) is 0 Å². The zero-order valence-electron chi connectivity index (χ0n) is 15.1. The van der Waals surface area contributed by atoms with Gasteiger partial charge in [0.25, 0.3) is 5.91 Å². The molecule has 1 aliphatic rings. The van der Waals surface area contributed by atoms with Gasteiger partial charge in [-0.1, -0.05) is 6.07 Å². The number of hydrogen-bond acceptors (Lipinski definition) is 5. The van der Waals surface area contributed by atoms with E-state index in [0.717, 1.165) is 11.4 Å². The van der Waals surface area contributed by atoms with Crippen LogP contribution in [0.1, 0.15) is 21.7 Å². The Kier molecular flexibility index (Phi) is 5.01. The first kappa shape index (κ1) is 18.4. The number of carbonyl (C=O) groups excluding carboxylic acids is 1. The predicted octanol–water partition coefficient (Wildman–Crippen LogP) is 0.654. The molecule has 1 N–H and O–H groups in total. The van der Waals surface area contributed by atoms with Crippen LogP contribution in [0.3, 0.4) is 0 Å². The smallest absolute Gasteiger partial charge is 0.251 e. The molecule has 0 bridgehead atoms. The Bertz CT molecular complexity index is 920. The van der Waals surface area contributed by atoms with Gasteiger partial charge in [-0.2, -0.15) is 9.40 Å². The fourth-order valence-electron chi connectivity index (χ4n) is 2.87. The third-order valence-corrected chi connectivity index (χ3v) is 5.59. The minimum absolute atomic E-state index is 0.169. The van der Waals surface area contributed by atoms with Crippen molar-refractivity contribution in [3.63, 3.8) is 0 Å². The van der Waals surface area contributed by atoms with Gasteiger partial charge in [0.15, 0.2) is 0 Å². The van der Waals surface area contributed by atoms with Crippen molar-refractivity contribution < 1.29 is 13.2 Å². The van der Waals surface area contributed by atoms with Crippen molar-refractivity contribution in [2.75, 3.05) is 31.8 Å². The standard InChI is InChI=1S/C17H23N5O3S/c1-20(2)15-6-4-5-13(9-15)17(23)18-11-14-10-16-12-21(26(3,24)25)7-8-22(16)19-14/h4-6,9-10H,7-8,11-12H2,1-3H3,(H,18,23). The van der Waals surface area contributed by atoms with Crippen molar-refractivity contribution in [2.45, 2.75) is 19.6 Å². The number of anilines is 1. The lowest BCUT2D eigenvalue weighted by Gasteiger charge is -2.25. The van der Waals surface area contributed by atoms with Gasteiger partial charge in [-0.25, -0.2) is 8.42 Å². The Hall–Kier alpha value is -2.39. The molecule has 2 aromatic rings. The maximum atomic E-state index is 12.4. The Balaban J connectivity index is 1.65. The Labute approximate surface area is 153 Å². The monoisotopic (exact) mass is 377 g/mol. The molecule has 0 unspecified atom stereocenters. The molecule has 0 fully saturated rings. The molecule has 0 saturated carbocycles. The highest BCUT2D eigenvalue weighted by Gasteiger charge is 2.24. The quantitative estimate of drug-likeness (QED) is 0.827. The zero-order valence-corrected chi connectivity index (χ0v) is 16.0. The van der Waals surface area contributed by atoms with Crippen molar-refractivity contribution in [3.05, 3.63) is 47.3 Å². The number of aromatic nitrogens is 2. The van der Waals surface area contributed by atoms with Crippen LogP contribution in [0.2, 0.25) is 0 Å². The summed E-state index contributed by atoms with van der Waals surface area (Å²) in [6, 6.07) is 9.23. The number of rotatable bonds is 5. The minimum Gasteiger partial charge on any atom is -0.378 e. The third-order valence-electron chi connectivity index (χ3n) is 4.34. The van der Waals surface area contributed by atoms with Gasteiger partial charge in [0.05, 0.1) is 37.3 Å². The van der Waals surface area contributed by atoms with Crippen molar-refractivity contribution in [1.29, 1.82) is 0 Å². The summed E-state index contributed by atoms with van der Waals surface area (Å²) in [4.78, 5) is 14.3. The minimum atomic E-state index is -3.21. The molecule has 1 amide bonds. The number of fused-ring (bicyclic) bond motifs is 1. The molecule has 3 rings (SSSR count). The number of amides is 1. The highest BCUT2D eigenvalue weighted by Crippen LogP contribution is 2.16. The van der Waals surface area contributed by atoms with Crippen LogP contribution in [0.4, 0.5) is 5.69 Å². The molecular formula is C17H23N5O3S. The van der Waals surface area contributed by atoms with E-state index in [2.05, 4.69) is 10.4 Å². The van der Waals surface area contributed by atoms with Gasteiger partial charge in [0.1, 0.15) is 0 Å². The van der Waals surface area contributed by atoms with Crippen LogP contribution in [0.15, 0.2) is 30.3 Å². The van der Waals surface area contributed by atoms with Crippen LogP contribution >= 0.6 is 0 Å². The zero-order chi connectivity index (χ0) is 18.9. The second-order valence-electron chi connectivity index (χ2n) is 6.57. The van der Waals surface area contributed by atoms with Crippen LogP contribution < -0.4 is 10.2 Å². The number of benzene rings is 1. The second kappa shape index (κ2) is 7.08. The molecule has 1 aromatic carbocycles. The molecule has 9 heteroatoms. The molecule has 0 saturated heterocycles. The van der Waals surface area contributed by atoms with E-state index in [0.29, 0.717) is 37.4 Å². The fraction of sp³-hybridized carbons (Fsp3) is 0.412. The van der Waals surface area contributed by atoms with Gasteiger partial charge in [-0.3, -0.25) is 9.48 Å².